The fraction of sp³-hybridized carbons (Fsp3) is 0.200. The number of esters is 1. The Hall–Kier alpha value is -2.57. The molecule has 0 N–H and O–H groups in total. The average molecular weight is 311 g/mol. The number of pyridine rings is 1. The van der Waals surface area contributed by atoms with E-state index < -0.39 is 17.7 Å². The van der Waals surface area contributed by atoms with Gasteiger partial charge >= 0.3 is 12.1 Å². The molecule has 0 atom stereocenters. The quantitative estimate of drug-likeness (QED) is 0.819. The van der Waals surface area contributed by atoms with Gasteiger partial charge < -0.3 is 9.30 Å². The van der Waals surface area contributed by atoms with Crippen molar-refractivity contribution in [3.8, 4) is 0 Å². The molecule has 0 unspecified atom stereocenters. The number of hydrogen-bond donors (Lipinski definition) is 0. The number of benzene rings is 1. The Kier molecular flexibility index (Phi) is 4.35. The van der Waals surface area contributed by atoms with Crippen molar-refractivity contribution in [1.29, 1.82) is 0 Å². The maximum absolute atomic E-state index is 12.5. The molecule has 0 spiro atoms. The molecule has 0 saturated heterocycles. The van der Waals surface area contributed by atoms with E-state index in [4.69, 9.17) is 0 Å². The van der Waals surface area contributed by atoms with E-state index in [2.05, 4.69) is 4.74 Å². The van der Waals surface area contributed by atoms with E-state index in [0.29, 0.717) is 5.56 Å². The second-order valence-electron chi connectivity index (χ2n) is 4.57. The second kappa shape index (κ2) is 6.05. The fourth-order valence-corrected chi connectivity index (χ4v) is 1.89. The molecule has 0 amide bonds. The lowest BCUT2D eigenvalue weighted by Gasteiger charge is -2.10. The Morgan fingerprint density at radius 3 is 2.32 bits per heavy atom. The van der Waals surface area contributed by atoms with Gasteiger partial charge in [0, 0.05) is 12.3 Å². The number of aromatic nitrogens is 1. The molecule has 0 bridgehead atoms. The third kappa shape index (κ3) is 3.55. The van der Waals surface area contributed by atoms with Gasteiger partial charge in [-0.3, -0.25) is 4.79 Å². The molecular formula is C15H12F3NO3. The summed E-state index contributed by atoms with van der Waals surface area (Å²) in [6, 6.07) is 7.02. The van der Waals surface area contributed by atoms with E-state index in [0.717, 1.165) is 12.1 Å². The van der Waals surface area contributed by atoms with Gasteiger partial charge in [-0.05, 0) is 23.8 Å². The molecule has 1 heterocycles. The molecule has 7 heteroatoms. The standard InChI is InChI=1S/C15H12F3NO3/c1-22-14(21)11-4-7-13(20)19(9-11)8-10-2-5-12(6-3-10)15(16,17)18/h2-7,9H,8H2,1H3. The molecule has 0 saturated carbocycles. The van der Waals surface area contributed by atoms with Crippen LogP contribution >= 0.6 is 0 Å². The summed E-state index contributed by atoms with van der Waals surface area (Å²) in [7, 11) is 1.22. The average Bonchev–Trinajstić information content (AvgIpc) is 2.48. The zero-order chi connectivity index (χ0) is 16.3. The third-order valence-electron chi connectivity index (χ3n) is 3.04. The van der Waals surface area contributed by atoms with Gasteiger partial charge in [-0.15, -0.1) is 0 Å². The van der Waals surface area contributed by atoms with Crippen LogP contribution < -0.4 is 5.56 Å². The number of halogens is 3. The molecule has 0 aliphatic heterocycles. The molecule has 1 aromatic heterocycles. The van der Waals surface area contributed by atoms with E-state index in [1.807, 2.05) is 0 Å². The van der Waals surface area contributed by atoms with E-state index in [1.165, 1.54) is 42.1 Å². The topological polar surface area (TPSA) is 48.3 Å². The molecule has 2 aromatic rings. The van der Waals surface area contributed by atoms with Crippen molar-refractivity contribution in [2.45, 2.75) is 12.7 Å². The molecule has 4 nitrogen and oxygen atoms in total. The Morgan fingerprint density at radius 1 is 1.14 bits per heavy atom. The first-order valence-electron chi connectivity index (χ1n) is 6.26. The lowest BCUT2D eigenvalue weighted by atomic mass is 10.1. The largest absolute Gasteiger partial charge is 0.465 e. The summed E-state index contributed by atoms with van der Waals surface area (Å²) in [5, 5.41) is 0. The van der Waals surface area contributed by atoms with Crippen molar-refractivity contribution in [3.05, 3.63) is 69.6 Å². The normalized spacial score (nSPS) is 11.3. The van der Waals surface area contributed by atoms with Crippen molar-refractivity contribution in [2.75, 3.05) is 7.11 Å². The van der Waals surface area contributed by atoms with Gasteiger partial charge in [0.25, 0.3) is 5.56 Å². The number of nitrogens with zero attached hydrogens (tertiary/aromatic N) is 1. The van der Waals surface area contributed by atoms with Gasteiger partial charge in [0.15, 0.2) is 0 Å². The van der Waals surface area contributed by atoms with E-state index in [9.17, 15) is 22.8 Å². The maximum atomic E-state index is 12.5. The molecule has 2 rings (SSSR count). The van der Waals surface area contributed by atoms with Gasteiger partial charge in [-0.2, -0.15) is 13.2 Å². The summed E-state index contributed by atoms with van der Waals surface area (Å²) in [4.78, 5) is 23.2. The van der Waals surface area contributed by atoms with Gasteiger partial charge in [0.1, 0.15) is 0 Å². The number of carbonyl (C=O) groups is 1. The van der Waals surface area contributed by atoms with Gasteiger partial charge in [0.05, 0.1) is 24.8 Å². The Morgan fingerprint density at radius 2 is 1.77 bits per heavy atom. The second-order valence-corrected chi connectivity index (χ2v) is 4.57. The van der Waals surface area contributed by atoms with Crippen LogP contribution in [0, 0.1) is 0 Å². The van der Waals surface area contributed by atoms with Crippen LogP contribution in [0.1, 0.15) is 21.5 Å². The summed E-state index contributed by atoms with van der Waals surface area (Å²) < 4.78 is 43.2. The Balaban J connectivity index is 2.27. The van der Waals surface area contributed by atoms with Crippen molar-refractivity contribution in [2.24, 2.45) is 0 Å². The fourth-order valence-electron chi connectivity index (χ4n) is 1.89. The zero-order valence-corrected chi connectivity index (χ0v) is 11.6. The van der Waals surface area contributed by atoms with Crippen LogP contribution in [0.25, 0.3) is 0 Å². The van der Waals surface area contributed by atoms with E-state index >= 15 is 0 Å². The summed E-state index contributed by atoms with van der Waals surface area (Å²) in [5.41, 5.74) is -0.425. The van der Waals surface area contributed by atoms with Gasteiger partial charge in [-0.1, -0.05) is 12.1 Å². The van der Waals surface area contributed by atoms with Crippen LogP contribution in [0.2, 0.25) is 0 Å². The van der Waals surface area contributed by atoms with E-state index in [-0.39, 0.29) is 17.7 Å². The SMILES string of the molecule is COC(=O)c1ccc(=O)n(Cc2ccc(C(F)(F)F)cc2)c1. The molecule has 1 aromatic carbocycles. The lowest BCUT2D eigenvalue weighted by Crippen LogP contribution is -2.21. The number of ether oxygens (including phenoxy) is 1. The summed E-state index contributed by atoms with van der Waals surface area (Å²) >= 11 is 0. The lowest BCUT2D eigenvalue weighted by molar-refractivity contribution is -0.137. The minimum atomic E-state index is -4.40. The molecule has 0 aliphatic rings. The van der Waals surface area contributed by atoms with Crippen LogP contribution in [0.15, 0.2) is 47.4 Å². The number of methoxy groups -OCH3 is 1. The highest BCUT2D eigenvalue weighted by Gasteiger charge is 2.29. The van der Waals surface area contributed by atoms with Gasteiger partial charge in [-0.25, -0.2) is 4.79 Å². The highest BCUT2D eigenvalue weighted by molar-refractivity contribution is 5.88. The van der Waals surface area contributed by atoms with Crippen LogP contribution in [0.4, 0.5) is 13.2 Å². The van der Waals surface area contributed by atoms with Crippen molar-refractivity contribution in [3.63, 3.8) is 0 Å². The predicted molar refractivity (Wildman–Crippen MR) is 72.6 cm³/mol. The van der Waals surface area contributed by atoms with Crippen LogP contribution in [0.5, 0.6) is 0 Å². The first kappa shape index (κ1) is 15.8. The minimum absolute atomic E-state index is 0.0573. The number of hydrogen-bond acceptors (Lipinski definition) is 3. The molecule has 0 radical (unpaired) electrons. The van der Waals surface area contributed by atoms with Crippen molar-refractivity contribution < 1.29 is 22.7 Å². The summed E-state index contributed by atoms with van der Waals surface area (Å²) in [5.74, 6) is -0.596. The van der Waals surface area contributed by atoms with Crippen molar-refractivity contribution >= 4 is 5.97 Å². The molecule has 22 heavy (non-hydrogen) atoms. The monoisotopic (exact) mass is 311 g/mol. The predicted octanol–water partition coefficient (Wildman–Crippen LogP) is 2.70. The van der Waals surface area contributed by atoms with Crippen molar-refractivity contribution in [1.82, 2.24) is 4.57 Å². The zero-order valence-electron chi connectivity index (χ0n) is 11.6. The number of carbonyl (C=O) groups excluding carboxylic acids is 1. The smallest absolute Gasteiger partial charge is 0.416 e. The molecule has 116 valence electrons. The highest BCUT2D eigenvalue weighted by Crippen LogP contribution is 2.29. The number of rotatable bonds is 3. The van der Waals surface area contributed by atoms with Crippen LogP contribution in [-0.4, -0.2) is 17.6 Å². The van der Waals surface area contributed by atoms with Crippen LogP contribution in [-0.2, 0) is 17.5 Å². The summed E-state index contributed by atoms with van der Waals surface area (Å²) in [6.07, 6.45) is -3.09. The third-order valence-corrected chi connectivity index (χ3v) is 3.04. The minimum Gasteiger partial charge on any atom is -0.465 e. The first-order valence-corrected chi connectivity index (χ1v) is 6.26. The maximum Gasteiger partial charge on any atom is 0.416 e. The molecule has 0 fully saturated rings. The summed E-state index contributed by atoms with van der Waals surface area (Å²) in [6.45, 7) is 0.0573. The number of alkyl halides is 3. The van der Waals surface area contributed by atoms with Crippen LogP contribution in [0.3, 0.4) is 0 Å². The Bertz CT molecular complexity index is 733. The first-order chi connectivity index (χ1) is 10.3. The van der Waals surface area contributed by atoms with E-state index in [1.54, 1.807) is 0 Å². The van der Waals surface area contributed by atoms with Gasteiger partial charge in [0.2, 0.25) is 0 Å². The molecule has 0 aliphatic carbocycles. The Labute approximate surface area is 123 Å². The molecular weight excluding hydrogens is 299 g/mol. The highest BCUT2D eigenvalue weighted by atomic mass is 19.4.